The van der Waals surface area contributed by atoms with Gasteiger partial charge in [-0.1, -0.05) is 75.9 Å². The highest BCUT2D eigenvalue weighted by Gasteiger charge is 2.51. The van der Waals surface area contributed by atoms with Gasteiger partial charge in [0.05, 0.1) is 4.88 Å². The number of piperidine rings is 2. The number of thiophene rings is 1. The first kappa shape index (κ1) is 64.8. The van der Waals surface area contributed by atoms with Crippen molar-refractivity contribution in [3.8, 4) is 11.8 Å². The minimum atomic E-state index is -5.88. The standard InChI is InChI=1S/C62H75F2N10O12PS/c1-5-71-28-26-42-18-19-49(74(42)59(82)47(35-71)69-56(79)51-33-39-32-41(17-21-50(39)88-51)62(63,64)87(84,85)86)55(78)67-45(23-27-66-60(65)83)53(76)68-46(31-37-13-15-40(16-14-37)61(2,3)4)58(81)72-29-24-36(25-30-72)9-6-7-10-38-11-8-12-43-44(38)34-73(57(43)80)48-20-22-52(75)70-54(48)77/h8,11-17,21,32-33,36,42,45-49H,5-6,9,18-20,22-31,34-35H2,1-4H3,(H,67,78)(H,68,76)(H,69,79)(H3,65,66,83)(H,70,75,77)(H2,84,85,86)/t42-,45+,46+,47+,48?,49+/m1/s1. The van der Waals surface area contributed by atoms with Crippen molar-refractivity contribution in [3.05, 3.63) is 105 Å². The number of halogens is 2. The van der Waals surface area contributed by atoms with Crippen molar-refractivity contribution in [2.24, 2.45) is 11.7 Å². The average Bonchev–Trinajstić information content (AvgIpc) is 2.14. The zero-order valence-electron chi connectivity index (χ0n) is 49.6. The van der Waals surface area contributed by atoms with Crippen LogP contribution in [-0.2, 0) is 57.4 Å². The molecule has 1 aromatic heterocycles. The van der Waals surface area contributed by atoms with Gasteiger partial charge in [0.2, 0.25) is 35.4 Å². The quantitative estimate of drug-likeness (QED) is 0.0381. The monoisotopic (exact) mass is 1250 g/mol. The van der Waals surface area contributed by atoms with Crippen LogP contribution in [0.1, 0.15) is 140 Å². The number of benzene rings is 3. The van der Waals surface area contributed by atoms with Crippen molar-refractivity contribution < 1.29 is 66.3 Å². The molecule has 4 fully saturated rings. The van der Waals surface area contributed by atoms with Gasteiger partial charge in [-0.25, -0.2) is 4.79 Å². The molecule has 0 radical (unpaired) electrons. The molecule has 470 valence electrons. The number of imide groups is 1. The highest BCUT2D eigenvalue weighted by Crippen LogP contribution is 2.59. The minimum absolute atomic E-state index is 0.0361. The summed E-state index contributed by atoms with van der Waals surface area (Å²) >= 11 is 0.930. The first-order valence-corrected chi connectivity index (χ1v) is 32.2. The largest absolute Gasteiger partial charge is 0.399 e. The lowest BCUT2D eigenvalue weighted by Crippen LogP contribution is -2.62. The van der Waals surface area contributed by atoms with Crippen LogP contribution < -0.4 is 32.3 Å². The molecule has 6 atom stereocenters. The first-order chi connectivity index (χ1) is 41.7. The van der Waals surface area contributed by atoms with Crippen LogP contribution in [0.5, 0.6) is 0 Å². The number of likely N-dealkylation sites (N-methyl/N-ethyl adjacent to an activating group) is 1. The summed E-state index contributed by atoms with van der Waals surface area (Å²) in [5, 5.41) is 13.5. The van der Waals surface area contributed by atoms with Gasteiger partial charge in [0.1, 0.15) is 30.2 Å². The molecule has 9 rings (SSSR count). The third kappa shape index (κ3) is 14.7. The van der Waals surface area contributed by atoms with E-state index in [1.165, 1.54) is 21.9 Å². The molecule has 5 aliphatic heterocycles. The van der Waals surface area contributed by atoms with Crippen LogP contribution in [0.4, 0.5) is 13.6 Å². The second-order valence-electron chi connectivity index (χ2n) is 24.3. The molecule has 0 bridgehead atoms. The maximum Gasteiger partial charge on any atom is 0.399 e. The van der Waals surface area contributed by atoms with Crippen LogP contribution in [0.2, 0.25) is 0 Å². The number of hydrogen-bond donors (Lipinski definition) is 8. The van der Waals surface area contributed by atoms with E-state index in [0.717, 1.165) is 46.6 Å². The molecule has 22 nitrogen and oxygen atoms in total. The number of alkyl halides is 2. The average molecular weight is 1250 g/mol. The molecule has 4 aromatic rings. The summed E-state index contributed by atoms with van der Waals surface area (Å²) in [7, 11) is -5.88. The number of primary amides is 1. The lowest BCUT2D eigenvalue weighted by Gasteiger charge is -2.38. The highest BCUT2D eigenvalue weighted by atomic mass is 32.1. The summed E-state index contributed by atoms with van der Waals surface area (Å²) in [6.45, 7) is 10.1. The number of hydrogen-bond acceptors (Lipinski definition) is 12. The zero-order valence-corrected chi connectivity index (χ0v) is 51.3. The Kier molecular flexibility index (Phi) is 19.9. The number of carbonyl (C=O) groups excluding carboxylic acids is 9. The first-order valence-electron chi connectivity index (χ1n) is 29.8. The molecule has 9 N–H and O–H groups in total. The van der Waals surface area contributed by atoms with E-state index in [2.05, 4.69) is 59.2 Å². The Labute approximate surface area is 512 Å². The van der Waals surface area contributed by atoms with Gasteiger partial charge in [0.15, 0.2) is 0 Å². The Hall–Kier alpha value is -7.62. The van der Waals surface area contributed by atoms with Crippen molar-refractivity contribution in [2.75, 3.05) is 39.3 Å². The van der Waals surface area contributed by atoms with Gasteiger partial charge < -0.3 is 56.4 Å². The van der Waals surface area contributed by atoms with E-state index >= 15 is 0 Å². The number of nitrogens with zero attached hydrogens (tertiary/aromatic N) is 4. The van der Waals surface area contributed by atoms with Crippen molar-refractivity contribution >= 4 is 82.3 Å². The van der Waals surface area contributed by atoms with E-state index < -0.39 is 90.6 Å². The number of fused-ring (bicyclic) bond motifs is 3. The van der Waals surface area contributed by atoms with E-state index in [9.17, 15) is 66.3 Å². The molecule has 0 spiro atoms. The van der Waals surface area contributed by atoms with Crippen LogP contribution in [0.15, 0.2) is 66.7 Å². The Morgan fingerprint density at radius 3 is 2.30 bits per heavy atom. The molecule has 6 heterocycles. The van der Waals surface area contributed by atoms with Crippen molar-refractivity contribution in [1.82, 2.24) is 46.2 Å². The van der Waals surface area contributed by atoms with Gasteiger partial charge >= 0.3 is 19.3 Å². The van der Waals surface area contributed by atoms with Gasteiger partial charge in [0, 0.05) is 86.0 Å². The SMILES string of the molecule is CCN1CC[C@H]2CC[C@@H](C(=O)N[C@@H](CCNC(N)=O)C(=O)N[C@@H](Cc3ccc(C(C)(C)C)cc3)C(=O)N3CCC(CCC#Cc4cccc5c4CN(C4CCC(=O)NC4=O)C5=O)CC3)N2C(=O)[C@@H](NC(=O)c2cc3cc(C(F)(F)P(=O)(O)O)ccc3s2)C1. The van der Waals surface area contributed by atoms with E-state index in [1.54, 1.807) is 17.0 Å². The highest BCUT2D eigenvalue weighted by molar-refractivity contribution is 7.52. The third-order valence-corrected chi connectivity index (χ3v) is 19.5. The normalized spacial score (nSPS) is 21.1. The summed E-state index contributed by atoms with van der Waals surface area (Å²) in [5.41, 5.74) is 3.61. The van der Waals surface area contributed by atoms with Gasteiger partial charge in [-0.05, 0) is 122 Å². The number of amides is 10. The third-order valence-electron chi connectivity index (χ3n) is 17.4. The number of nitrogens with one attached hydrogen (secondary N) is 5. The van der Waals surface area contributed by atoms with Gasteiger partial charge in [-0.15, -0.1) is 11.3 Å². The van der Waals surface area contributed by atoms with Crippen LogP contribution >= 0.6 is 18.9 Å². The maximum absolute atomic E-state index is 14.8. The predicted octanol–water partition coefficient (Wildman–Crippen LogP) is 4.71. The van der Waals surface area contributed by atoms with Crippen LogP contribution in [0, 0.1) is 17.8 Å². The van der Waals surface area contributed by atoms with E-state index in [4.69, 9.17) is 5.73 Å². The number of likely N-dealkylation sites (tertiary alicyclic amines) is 1. The fourth-order valence-corrected chi connectivity index (χ4v) is 13.8. The Bertz CT molecular complexity index is 3500. The van der Waals surface area contributed by atoms with Gasteiger partial charge in [0.25, 0.3) is 11.8 Å². The fraction of sp³-hybridized carbons (Fsp3) is 0.500. The minimum Gasteiger partial charge on any atom is -0.352 e. The number of rotatable bonds is 18. The maximum atomic E-state index is 14.8. The second-order valence-corrected chi connectivity index (χ2v) is 27.1. The summed E-state index contributed by atoms with van der Waals surface area (Å²) in [6, 6.07) is 10.7. The van der Waals surface area contributed by atoms with E-state index in [0.29, 0.717) is 74.1 Å². The molecule has 26 heteroatoms. The van der Waals surface area contributed by atoms with Crippen molar-refractivity contribution in [2.45, 2.75) is 152 Å². The summed E-state index contributed by atoms with van der Waals surface area (Å²) in [5.74, 6) is 2.62. The Balaban J connectivity index is 0.871. The molecule has 1 unspecified atom stereocenters. The smallest absolute Gasteiger partial charge is 0.352 e. The molecule has 10 amide bonds. The van der Waals surface area contributed by atoms with Crippen LogP contribution in [-0.4, -0.2) is 158 Å². The number of carbonyl (C=O) groups is 9. The molecule has 3 aromatic carbocycles. The Morgan fingerprint density at radius 2 is 1.61 bits per heavy atom. The molecular weight excluding hydrogens is 1180 g/mol. The fourth-order valence-electron chi connectivity index (χ4n) is 12.4. The van der Waals surface area contributed by atoms with Crippen LogP contribution in [0.3, 0.4) is 0 Å². The van der Waals surface area contributed by atoms with Crippen molar-refractivity contribution in [1.29, 1.82) is 0 Å². The summed E-state index contributed by atoms with van der Waals surface area (Å²) < 4.78 is 41.3. The zero-order chi connectivity index (χ0) is 63.4. The van der Waals surface area contributed by atoms with E-state index in [-0.39, 0.29) is 91.1 Å². The predicted molar refractivity (Wildman–Crippen MR) is 322 cm³/mol. The summed E-state index contributed by atoms with van der Waals surface area (Å²) in [4.78, 5) is 148. The van der Waals surface area contributed by atoms with Crippen molar-refractivity contribution in [3.63, 3.8) is 0 Å². The van der Waals surface area contributed by atoms with Crippen LogP contribution in [0.25, 0.3) is 10.1 Å². The van der Waals surface area contributed by atoms with Gasteiger partial charge in [-0.2, -0.15) is 8.78 Å². The topological polar surface area (TPSA) is 310 Å². The molecule has 88 heavy (non-hydrogen) atoms. The number of urea groups is 1. The Morgan fingerprint density at radius 1 is 0.886 bits per heavy atom. The van der Waals surface area contributed by atoms with E-state index in [1.807, 2.05) is 42.2 Å². The summed E-state index contributed by atoms with van der Waals surface area (Å²) in [6.07, 6.45) is 4.12. The van der Waals surface area contributed by atoms with Gasteiger partial charge in [-0.3, -0.25) is 48.2 Å². The number of nitrogens with two attached hydrogens (primary N) is 1. The molecule has 0 saturated carbocycles. The molecule has 0 aliphatic carbocycles. The molecule has 5 aliphatic rings. The molecular formula is C62H75F2N10O12PS. The molecule has 4 saturated heterocycles. The lowest BCUT2D eigenvalue weighted by atomic mass is 9.86. The lowest BCUT2D eigenvalue weighted by molar-refractivity contribution is -0.144. The second kappa shape index (κ2) is 27.0.